The van der Waals surface area contributed by atoms with Gasteiger partial charge in [-0.3, -0.25) is 0 Å². The Balaban J connectivity index is 2.20. The molecule has 8 heteroatoms. The summed E-state index contributed by atoms with van der Waals surface area (Å²) in [6.07, 6.45) is -4.40. The summed E-state index contributed by atoms with van der Waals surface area (Å²) in [5.74, 6) is -0.396. The molecule has 0 unspecified atom stereocenters. The summed E-state index contributed by atoms with van der Waals surface area (Å²) in [6.45, 7) is 3.82. The molecular formula is C16H18F4N2OS. The van der Waals surface area contributed by atoms with E-state index in [4.69, 9.17) is 0 Å². The summed E-state index contributed by atoms with van der Waals surface area (Å²) in [5.41, 5.74) is 0.396. The molecule has 0 aliphatic heterocycles. The van der Waals surface area contributed by atoms with E-state index >= 15 is 0 Å². The van der Waals surface area contributed by atoms with Gasteiger partial charge >= 0.3 is 6.18 Å². The first-order chi connectivity index (χ1) is 11.2. The van der Waals surface area contributed by atoms with Crippen LogP contribution in [0.5, 0.6) is 0 Å². The number of nitrogens with zero attached hydrogens (tertiary/aromatic N) is 1. The molecule has 0 aromatic carbocycles. The Morgan fingerprint density at radius 1 is 1.21 bits per heavy atom. The average molecular weight is 362 g/mol. The molecule has 0 aliphatic carbocycles. The number of alkyl halides is 3. The first kappa shape index (κ1) is 18.8. The minimum atomic E-state index is -4.40. The van der Waals surface area contributed by atoms with Crippen molar-refractivity contribution in [1.29, 1.82) is 0 Å². The summed E-state index contributed by atoms with van der Waals surface area (Å²) in [6, 6.07) is 4.65. The molecule has 1 atom stereocenters. The maximum absolute atomic E-state index is 13.9. The number of rotatable bonds is 6. The molecule has 24 heavy (non-hydrogen) atoms. The number of aromatic nitrogens is 1. The van der Waals surface area contributed by atoms with Crippen LogP contribution in [0.15, 0.2) is 24.3 Å². The average Bonchev–Trinajstić information content (AvgIpc) is 2.99. The van der Waals surface area contributed by atoms with Crippen molar-refractivity contribution in [1.82, 2.24) is 10.3 Å². The number of hydrogen-bond donors (Lipinski definition) is 2. The van der Waals surface area contributed by atoms with Crippen LogP contribution in [-0.4, -0.2) is 22.7 Å². The maximum Gasteiger partial charge on any atom is 0.425 e. The van der Waals surface area contributed by atoms with Crippen molar-refractivity contribution in [2.45, 2.75) is 32.6 Å². The van der Waals surface area contributed by atoms with Gasteiger partial charge in [-0.15, -0.1) is 11.3 Å². The SMILES string of the molecule is CC(C)[C@@H](CO)NCc1nc(-c2ccc(C(F)(F)F)s2)ccc1F. The van der Waals surface area contributed by atoms with E-state index < -0.39 is 16.9 Å². The van der Waals surface area contributed by atoms with Crippen LogP contribution in [0.25, 0.3) is 10.6 Å². The second-order valence-electron chi connectivity index (χ2n) is 5.70. The van der Waals surface area contributed by atoms with Crippen LogP contribution >= 0.6 is 11.3 Å². The zero-order valence-electron chi connectivity index (χ0n) is 13.2. The number of thiophene rings is 1. The topological polar surface area (TPSA) is 45.1 Å². The van der Waals surface area contributed by atoms with Crippen molar-refractivity contribution < 1.29 is 22.7 Å². The van der Waals surface area contributed by atoms with E-state index in [9.17, 15) is 22.7 Å². The molecule has 2 rings (SSSR count). The highest BCUT2D eigenvalue weighted by atomic mass is 32.1. The van der Waals surface area contributed by atoms with Crippen LogP contribution < -0.4 is 5.32 Å². The van der Waals surface area contributed by atoms with E-state index in [0.717, 1.165) is 6.07 Å². The van der Waals surface area contributed by atoms with Gasteiger partial charge in [0, 0.05) is 12.6 Å². The third-order valence-corrected chi connectivity index (χ3v) is 4.74. The van der Waals surface area contributed by atoms with Crippen LogP contribution in [0.4, 0.5) is 17.6 Å². The third kappa shape index (κ3) is 4.52. The molecule has 0 amide bonds. The Hall–Kier alpha value is -1.51. The number of aliphatic hydroxyl groups excluding tert-OH is 1. The highest BCUT2D eigenvalue weighted by molar-refractivity contribution is 7.15. The minimum absolute atomic E-state index is 0.0839. The van der Waals surface area contributed by atoms with Gasteiger partial charge in [0.2, 0.25) is 0 Å². The predicted octanol–water partition coefficient (Wildman–Crippen LogP) is 4.07. The Bertz CT molecular complexity index is 685. The number of halogens is 4. The molecule has 2 heterocycles. The molecule has 0 saturated carbocycles. The highest BCUT2D eigenvalue weighted by Crippen LogP contribution is 2.37. The van der Waals surface area contributed by atoms with E-state index in [0.29, 0.717) is 21.9 Å². The fraction of sp³-hybridized carbons (Fsp3) is 0.438. The van der Waals surface area contributed by atoms with Crippen LogP contribution in [0, 0.1) is 11.7 Å². The molecule has 2 aromatic heterocycles. The molecule has 2 N–H and O–H groups in total. The first-order valence-electron chi connectivity index (χ1n) is 7.39. The lowest BCUT2D eigenvalue weighted by Crippen LogP contribution is -2.36. The fourth-order valence-electron chi connectivity index (χ4n) is 2.11. The summed E-state index contributed by atoms with van der Waals surface area (Å²) >= 11 is 0.571. The van der Waals surface area contributed by atoms with Gasteiger partial charge in [0.25, 0.3) is 0 Å². The van der Waals surface area contributed by atoms with E-state index in [1.165, 1.54) is 18.2 Å². The Morgan fingerprint density at radius 3 is 2.46 bits per heavy atom. The van der Waals surface area contributed by atoms with Crippen molar-refractivity contribution in [2.24, 2.45) is 5.92 Å². The molecule has 132 valence electrons. The third-order valence-electron chi connectivity index (χ3n) is 3.59. The van der Waals surface area contributed by atoms with Gasteiger partial charge in [-0.25, -0.2) is 9.37 Å². The minimum Gasteiger partial charge on any atom is -0.395 e. The molecule has 3 nitrogen and oxygen atoms in total. The van der Waals surface area contributed by atoms with E-state index in [1.54, 1.807) is 0 Å². The monoisotopic (exact) mass is 362 g/mol. The van der Waals surface area contributed by atoms with Gasteiger partial charge in [-0.2, -0.15) is 13.2 Å². The van der Waals surface area contributed by atoms with E-state index in [-0.39, 0.29) is 30.8 Å². The van der Waals surface area contributed by atoms with Gasteiger partial charge in [0.05, 0.1) is 22.9 Å². The van der Waals surface area contributed by atoms with Crippen LogP contribution in [0.1, 0.15) is 24.4 Å². The normalized spacial score (nSPS) is 13.5. The number of nitrogens with one attached hydrogen (secondary N) is 1. The second kappa shape index (κ2) is 7.58. The standard InChI is InChI=1S/C16H18F4N2OS/c1-9(2)13(8-23)21-7-12-10(17)3-4-11(22-12)14-5-6-15(24-14)16(18,19)20/h3-6,9,13,21,23H,7-8H2,1-2H3/t13-/m1/s1. The molecular weight excluding hydrogens is 344 g/mol. The first-order valence-corrected chi connectivity index (χ1v) is 8.21. The lowest BCUT2D eigenvalue weighted by atomic mass is 10.1. The van der Waals surface area contributed by atoms with Gasteiger partial charge < -0.3 is 10.4 Å². The second-order valence-corrected chi connectivity index (χ2v) is 6.78. The molecule has 0 spiro atoms. The largest absolute Gasteiger partial charge is 0.425 e. The summed E-state index contributed by atoms with van der Waals surface area (Å²) in [7, 11) is 0. The van der Waals surface area contributed by atoms with E-state index in [1.807, 2.05) is 13.8 Å². The lowest BCUT2D eigenvalue weighted by molar-refractivity contribution is -0.134. The number of aliphatic hydroxyl groups is 1. The summed E-state index contributed by atoms with van der Waals surface area (Å²) < 4.78 is 51.9. The summed E-state index contributed by atoms with van der Waals surface area (Å²) in [5, 5.41) is 12.3. The molecule has 0 fully saturated rings. The molecule has 0 aliphatic rings. The quantitative estimate of drug-likeness (QED) is 0.762. The number of pyridine rings is 1. The molecule has 0 bridgehead atoms. The zero-order chi connectivity index (χ0) is 17.9. The van der Waals surface area contributed by atoms with Gasteiger partial charge in [-0.1, -0.05) is 13.8 Å². The van der Waals surface area contributed by atoms with Gasteiger partial charge in [-0.05, 0) is 30.2 Å². The molecule has 2 aromatic rings. The Morgan fingerprint density at radius 2 is 1.92 bits per heavy atom. The molecule has 0 saturated heterocycles. The van der Waals surface area contributed by atoms with E-state index in [2.05, 4.69) is 10.3 Å². The van der Waals surface area contributed by atoms with Crippen molar-refractivity contribution in [2.75, 3.05) is 6.61 Å². The predicted molar refractivity (Wildman–Crippen MR) is 85.1 cm³/mol. The number of hydrogen-bond acceptors (Lipinski definition) is 4. The van der Waals surface area contributed by atoms with Crippen LogP contribution in [0.2, 0.25) is 0 Å². The van der Waals surface area contributed by atoms with Crippen molar-refractivity contribution >= 4 is 11.3 Å². The smallest absolute Gasteiger partial charge is 0.395 e. The maximum atomic E-state index is 13.9. The van der Waals surface area contributed by atoms with Crippen molar-refractivity contribution in [3.05, 3.63) is 40.7 Å². The lowest BCUT2D eigenvalue weighted by Gasteiger charge is -2.19. The Kier molecular flexibility index (Phi) is 5.95. The van der Waals surface area contributed by atoms with Crippen molar-refractivity contribution in [3.63, 3.8) is 0 Å². The van der Waals surface area contributed by atoms with Crippen molar-refractivity contribution in [3.8, 4) is 10.6 Å². The molecule has 0 radical (unpaired) electrons. The van der Waals surface area contributed by atoms with Gasteiger partial charge in [0.1, 0.15) is 10.7 Å². The Labute approximate surface area is 141 Å². The van der Waals surface area contributed by atoms with Crippen LogP contribution in [-0.2, 0) is 12.7 Å². The highest BCUT2D eigenvalue weighted by Gasteiger charge is 2.32. The van der Waals surface area contributed by atoms with Gasteiger partial charge in [0.15, 0.2) is 0 Å². The van der Waals surface area contributed by atoms with Crippen LogP contribution in [0.3, 0.4) is 0 Å². The fourth-order valence-corrected chi connectivity index (χ4v) is 2.96. The summed E-state index contributed by atoms with van der Waals surface area (Å²) in [4.78, 5) is 3.73. The zero-order valence-corrected chi connectivity index (χ0v) is 14.0.